The van der Waals surface area contributed by atoms with E-state index in [2.05, 4.69) is 48.6 Å². The second kappa shape index (κ2) is 6.81. The Morgan fingerprint density at radius 3 is 2.92 bits per heavy atom. The van der Waals surface area contributed by atoms with E-state index in [0.717, 1.165) is 41.3 Å². The zero-order valence-corrected chi connectivity index (χ0v) is 15.7. The molecule has 126 valence electrons. The van der Waals surface area contributed by atoms with E-state index in [-0.39, 0.29) is 0 Å². The first-order chi connectivity index (χ1) is 11.4. The van der Waals surface area contributed by atoms with Crippen LogP contribution in [0.15, 0.2) is 29.0 Å². The van der Waals surface area contributed by atoms with Crippen molar-refractivity contribution in [2.75, 3.05) is 0 Å². The zero-order chi connectivity index (χ0) is 17.3. The van der Waals surface area contributed by atoms with Gasteiger partial charge in [-0.2, -0.15) is 10.1 Å². The highest BCUT2D eigenvalue weighted by Gasteiger charge is 2.22. The van der Waals surface area contributed by atoms with E-state index in [9.17, 15) is 0 Å². The van der Waals surface area contributed by atoms with Crippen molar-refractivity contribution in [3.05, 3.63) is 41.0 Å². The standard InChI is InChI=1S/C17H23N6P/c1-10-7-11(2)16(14-9-23(24)22-15(14)8-10)20-13(4)21-17-18-6-5-12(3)19-17/h5-6,9-10H,7-8,24H2,1-4H3,(H,18,19,20,21). The van der Waals surface area contributed by atoms with Gasteiger partial charge in [0.05, 0.1) is 5.69 Å². The van der Waals surface area contributed by atoms with Crippen LogP contribution in [0.1, 0.15) is 44.1 Å². The Morgan fingerprint density at radius 1 is 1.38 bits per heavy atom. The van der Waals surface area contributed by atoms with Crippen molar-refractivity contribution in [1.82, 2.24) is 24.8 Å². The topological polar surface area (TPSA) is 68.0 Å². The summed E-state index contributed by atoms with van der Waals surface area (Å²) in [5.41, 5.74) is 5.58. The Kier molecular flexibility index (Phi) is 4.76. The summed E-state index contributed by atoms with van der Waals surface area (Å²) in [4.78, 5) is 13.0. The second-order valence-electron chi connectivity index (χ2n) is 6.46. The molecule has 2 unspecified atom stereocenters. The third kappa shape index (κ3) is 3.70. The van der Waals surface area contributed by atoms with Crippen LogP contribution in [0.2, 0.25) is 0 Å². The van der Waals surface area contributed by atoms with Gasteiger partial charge in [0.15, 0.2) is 0 Å². The lowest BCUT2D eigenvalue weighted by atomic mass is 10.00. The molecule has 7 heteroatoms. The lowest BCUT2D eigenvalue weighted by Crippen LogP contribution is -2.20. The van der Waals surface area contributed by atoms with Crippen LogP contribution in [0.3, 0.4) is 0 Å². The molecule has 0 aromatic carbocycles. The summed E-state index contributed by atoms with van der Waals surface area (Å²) >= 11 is 0. The molecule has 0 aliphatic heterocycles. The average Bonchev–Trinajstić information content (AvgIpc) is 2.80. The second-order valence-corrected chi connectivity index (χ2v) is 6.99. The van der Waals surface area contributed by atoms with Crippen LogP contribution in [0.4, 0.5) is 5.95 Å². The molecule has 0 saturated heterocycles. The van der Waals surface area contributed by atoms with Gasteiger partial charge in [-0.15, -0.1) is 0 Å². The van der Waals surface area contributed by atoms with Crippen molar-refractivity contribution in [1.29, 1.82) is 0 Å². The minimum atomic E-state index is 0.474. The Labute approximate surface area is 144 Å². The number of hydrogen-bond acceptors (Lipinski definition) is 4. The molecule has 0 bridgehead atoms. The van der Waals surface area contributed by atoms with Crippen molar-refractivity contribution in [3.63, 3.8) is 0 Å². The first kappa shape index (κ1) is 16.8. The third-order valence-corrected chi connectivity index (χ3v) is 4.32. The highest BCUT2D eigenvalue weighted by Crippen LogP contribution is 2.31. The predicted molar refractivity (Wildman–Crippen MR) is 100 cm³/mol. The molecule has 0 fully saturated rings. The maximum Gasteiger partial charge on any atom is 0.251 e. The maximum atomic E-state index is 4.59. The van der Waals surface area contributed by atoms with Crippen molar-refractivity contribution in [2.45, 2.75) is 40.5 Å². The summed E-state index contributed by atoms with van der Waals surface area (Å²) in [6, 6.07) is 1.86. The average molecular weight is 342 g/mol. The van der Waals surface area contributed by atoms with Gasteiger partial charge in [0.1, 0.15) is 5.84 Å². The smallest absolute Gasteiger partial charge is 0.251 e. The number of nitrogens with zero attached hydrogens (tertiary/aromatic N) is 5. The molecule has 24 heavy (non-hydrogen) atoms. The molecule has 1 aliphatic carbocycles. The van der Waals surface area contributed by atoms with E-state index in [1.165, 1.54) is 5.57 Å². The fraction of sp³-hybridized carbons (Fsp3) is 0.412. The molecule has 2 heterocycles. The number of hydrogen-bond donors (Lipinski definition) is 1. The highest BCUT2D eigenvalue weighted by atomic mass is 31.0. The van der Waals surface area contributed by atoms with Gasteiger partial charge in [0.25, 0.3) is 5.95 Å². The van der Waals surface area contributed by atoms with E-state index in [1.54, 1.807) is 10.6 Å². The highest BCUT2D eigenvalue weighted by molar-refractivity contribution is 7.14. The minimum absolute atomic E-state index is 0.474. The van der Waals surface area contributed by atoms with Gasteiger partial charge in [-0.25, -0.2) is 9.97 Å². The number of allylic oxidation sites excluding steroid dienone is 1. The quantitative estimate of drug-likeness (QED) is 0.517. The van der Waals surface area contributed by atoms with Crippen molar-refractivity contribution in [2.24, 2.45) is 10.9 Å². The van der Waals surface area contributed by atoms with Gasteiger partial charge < -0.3 is 5.32 Å². The Bertz CT molecular complexity index is 820. The molecule has 0 radical (unpaired) electrons. The van der Waals surface area contributed by atoms with Crippen LogP contribution in [0.5, 0.6) is 0 Å². The summed E-state index contributed by atoms with van der Waals surface area (Å²) < 4.78 is 1.80. The number of nitrogens with one attached hydrogen (secondary N) is 1. The molecule has 2 aromatic heterocycles. The van der Waals surface area contributed by atoms with E-state index in [0.29, 0.717) is 11.9 Å². The van der Waals surface area contributed by atoms with Crippen LogP contribution < -0.4 is 5.32 Å². The Balaban J connectivity index is 1.94. The molecular weight excluding hydrogens is 319 g/mol. The molecule has 1 aliphatic rings. The summed E-state index contributed by atoms with van der Waals surface area (Å²) in [5, 5.41) is 8.04. The van der Waals surface area contributed by atoms with Gasteiger partial charge in [-0.1, -0.05) is 6.92 Å². The molecule has 2 aromatic rings. The van der Waals surface area contributed by atoms with Crippen LogP contribution in [-0.4, -0.2) is 25.4 Å². The number of amidine groups is 1. The van der Waals surface area contributed by atoms with Crippen LogP contribution in [0, 0.1) is 12.8 Å². The first-order valence-corrected chi connectivity index (χ1v) is 8.59. The van der Waals surface area contributed by atoms with E-state index < -0.39 is 0 Å². The largest absolute Gasteiger partial charge is 0.343 e. The number of aliphatic imine (C=N–C) groups is 1. The number of fused-ring (bicyclic) bond motifs is 1. The fourth-order valence-corrected chi connectivity index (χ4v) is 3.36. The fourth-order valence-electron chi connectivity index (χ4n) is 3.07. The van der Waals surface area contributed by atoms with Gasteiger partial charge in [-0.3, -0.25) is 4.45 Å². The van der Waals surface area contributed by atoms with Crippen LogP contribution >= 0.6 is 9.39 Å². The molecule has 3 rings (SSSR count). The van der Waals surface area contributed by atoms with Crippen LogP contribution in [0.25, 0.3) is 5.70 Å². The molecule has 0 amide bonds. The third-order valence-electron chi connectivity index (χ3n) is 4.06. The molecule has 6 nitrogen and oxygen atoms in total. The van der Waals surface area contributed by atoms with Crippen molar-refractivity contribution in [3.8, 4) is 0 Å². The summed E-state index contributed by atoms with van der Waals surface area (Å²) in [5.74, 6) is 1.81. The first-order valence-electron chi connectivity index (χ1n) is 8.08. The SMILES string of the molecule is CC1=C(N/C(C)=N\c2nccc(C)n2)c2cn(P)nc2CC(C)C1. The van der Waals surface area contributed by atoms with Gasteiger partial charge >= 0.3 is 0 Å². The molecule has 0 saturated carbocycles. The van der Waals surface area contributed by atoms with Crippen LogP contribution in [-0.2, 0) is 6.42 Å². The van der Waals surface area contributed by atoms with Crippen molar-refractivity contribution >= 4 is 26.9 Å². The number of aromatic nitrogens is 4. The summed E-state index contributed by atoms with van der Waals surface area (Å²) in [6.07, 6.45) is 5.79. The molecule has 2 atom stereocenters. The molecular formula is C17H23N6P. The van der Waals surface area contributed by atoms with E-state index in [4.69, 9.17) is 0 Å². The Morgan fingerprint density at radius 2 is 2.17 bits per heavy atom. The van der Waals surface area contributed by atoms with E-state index in [1.807, 2.05) is 26.1 Å². The minimum Gasteiger partial charge on any atom is -0.343 e. The van der Waals surface area contributed by atoms with E-state index >= 15 is 0 Å². The van der Waals surface area contributed by atoms with Gasteiger partial charge in [0, 0.05) is 29.3 Å². The Hall–Kier alpha value is -2.07. The van der Waals surface area contributed by atoms with Crippen molar-refractivity contribution < 1.29 is 0 Å². The lowest BCUT2D eigenvalue weighted by molar-refractivity contribution is 0.569. The lowest BCUT2D eigenvalue weighted by Gasteiger charge is -2.13. The number of aryl methyl sites for hydroxylation is 1. The van der Waals surface area contributed by atoms with Gasteiger partial charge in [0.2, 0.25) is 0 Å². The zero-order valence-electron chi connectivity index (χ0n) is 14.5. The predicted octanol–water partition coefficient (Wildman–Crippen LogP) is 3.27. The monoisotopic (exact) mass is 342 g/mol. The maximum absolute atomic E-state index is 4.59. The molecule has 1 N–H and O–H groups in total. The summed E-state index contributed by atoms with van der Waals surface area (Å²) in [7, 11) is 2.61. The normalized spacial score (nSPS) is 18.4. The molecule has 0 spiro atoms. The van der Waals surface area contributed by atoms with Gasteiger partial charge in [-0.05, 0) is 60.6 Å². The summed E-state index contributed by atoms with van der Waals surface area (Å²) in [6.45, 7) is 8.30. The number of rotatable bonds is 2.